The van der Waals surface area contributed by atoms with Crippen molar-refractivity contribution < 1.29 is 40.7 Å². The van der Waals surface area contributed by atoms with Gasteiger partial charge in [0.2, 0.25) is 0 Å². The summed E-state index contributed by atoms with van der Waals surface area (Å²) in [5.74, 6) is 0. The summed E-state index contributed by atoms with van der Waals surface area (Å²) in [6.07, 6.45) is -8.50. The van der Waals surface area contributed by atoms with Crippen molar-refractivity contribution in [2.24, 2.45) is 0 Å². The van der Waals surface area contributed by atoms with Gasteiger partial charge in [-0.3, -0.25) is 0 Å². The van der Waals surface area contributed by atoms with E-state index in [1.165, 1.54) is 0 Å². The van der Waals surface area contributed by atoms with Gasteiger partial charge in [0.15, 0.2) is 0 Å². The minimum absolute atomic E-state index is 2.83. The van der Waals surface area contributed by atoms with Gasteiger partial charge >= 0.3 is 18.9 Å². The molecule has 0 aromatic heterocycles. The van der Waals surface area contributed by atoms with E-state index in [2.05, 4.69) is 0 Å². The number of rotatable bonds is 0. The van der Waals surface area contributed by atoms with Crippen LogP contribution in [0.25, 0.3) is 0 Å². The van der Waals surface area contributed by atoms with Crippen molar-refractivity contribution in [3.05, 3.63) is 0 Å². The quantitative estimate of drug-likeness (QED) is 0.443. The van der Waals surface area contributed by atoms with Crippen molar-refractivity contribution in [2.45, 2.75) is 0 Å². The molecule has 0 rings (SSSR count). The van der Waals surface area contributed by atoms with Crippen molar-refractivity contribution in [3.63, 3.8) is 0 Å². The summed E-state index contributed by atoms with van der Waals surface area (Å²) in [6, 6.07) is 0. The Bertz CT molecular complexity index is 116. The minimum Gasteiger partial charge on any atom is -0.219 e. The lowest BCUT2D eigenvalue weighted by molar-refractivity contribution is 0.197. The molecule has 9 heteroatoms. The average molecular weight is 198 g/mol. The normalized spacial score (nSPS) is 6.50. The number of carbonyl (C=O) groups excluding carboxylic acids is 3. The summed E-state index contributed by atoms with van der Waals surface area (Å²) < 4.78 is 58.2. The Balaban J connectivity index is -0.000000101. The van der Waals surface area contributed by atoms with Gasteiger partial charge < -0.3 is 0 Å². The maximum absolute atomic E-state index is 9.69. The predicted octanol–water partition coefficient (Wildman–Crippen LogP) is 3.14. The fourth-order valence-electron chi connectivity index (χ4n) is 0. The molecule has 0 aromatic carbocycles. The molecule has 0 spiro atoms. The first-order valence-corrected chi connectivity index (χ1v) is 1.75. The molecule has 0 unspecified atom stereocenters. The number of hydrogen-bond acceptors (Lipinski definition) is 3. The molecular weight excluding hydrogens is 198 g/mol. The summed E-state index contributed by atoms with van der Waals surface area (Å²) in [7, 11) is 0. The molecule has 72 valence electrons. The number of halogens is 6. The van der Waals surface area contributed by atoms with Crippen LogP contribution in [0.15, 0.2) is 0 Å². The third kappa shape index (κ3) is 249. The number of carbonyl (C=O) groups is 3. The van der Waals surface area contributed by atoms with E-state index in [9.17, 15) is 26.3 Å². The third-order valence-electron chi connectivity index (χ3n) is 0. The maximum atomic E-state index is 9.69. The second kappa shape index (κ2) is 12.3. The highest BCUT2D eigenvalue weighted by Crippen LogP contribution is 1.71. The van der Waals surface area contributed by atoms with Crippen molar-refractivity contribution in [3.8, 4) is 0 Å². The van der Waals surface area contributed by atoms with Gasteiger partial charge in [-0.1, -0.05) is 0 Å². The Morgan fingerprint density at radius 2 is 0.500 bits per heavy atom. The van der Waals surface area contributed by atoms with Gasteiger partial charge in [0.25, 0.3) is 0 Å². The molecular formula is C3F6O3. The highest BCUT2D eigenvalue weighted by atomic mass is 19.3. The molecule has 0 bridgehead atoms. The molecule has 0 amide bonds. The van der Waals surface area contributed by atoms with Crippen LogP contribution in [-0.2, 0) is 0 Å². The standard InChI is InChI=1S/3CF2O/c3*2-1(3)4. The Hall–Kier alpha value is -1.41. The van der Waals surface area contributed by atoms with Crippen LogP contribution in [0.3, 0.4) is 0 Å². The van der Waals surface area contributed by atoms with Crippen molar-refractivity contribution >= 4 is 18.9 Å². The van der Waals surface area contributed by atoms with Gasteiger partial charge in [-0.05, 0) is 0 Å². The van der Waals surface area contributed by atoms with Crippen LogP contribution in [0.1, 0.15) is 0 Å². The average Bonchev–Trinajstić information content (AvgIpc) is 1.54. The van der Waals surface area contributed by atoms with E-state index in [0.29, 0.717) is 0 Å². The number of hydrogen-bond donors (Lipinski definition) is 0. The summed E-state index contributed by atoms with van der Waals surface area (Å²) in [6.45, 7) is 0. The maximum Gasteiger partial charge on any atom is 0.483 e. The molecule has 0 aliphatic heterocycles. The SMILES string of the molecule is O=C(F)F.O=C(F)F.O=C(F)F. The predicted molar refractivity (Wildman–Crippen MR) is 22.8 cm³/mol. The lowest BCUT2D eigenvalue weighted by atomic mass is 11.6. The topological polar surface area (TPSA) is 51.2 Å². The van der Waals surface area contributed by atoms with E-state index in [4.69, 9.17) is 14.4 Å². The minimum atomic E-state index is -2.83. The van der Waals surface area contributed by atoms with Crippen LogP contribution >= 0.6 is 0 Å². The van der Waals surface area contributed by atoms with Gasteiger partial charge in [-0.15, -0.1) is 26.3 Å². The summed E-state index contributed by atoms with van der Waals surface area (Å²) in [5.41, 5.74) is 0. The molecule has 0 saturated carbocycles. The third-order valence-corrected chi connectivity index (χ3v) is 0. The summed E-state index contributed by atoms with van der Waals surface area (Å²) in [4.78, 5) is 24.3. The molecule has 0 N–H and O–H groups in total. The molecule has 0 aliphatic carbocycles. The smallest absolute Gasteiger partial charge is 0.219 e. The zero-order valence-corrected chi connectivity index (χ0v) is 4.99. The lowest BCUT2D eigenvalue weighted by Gasteiger charge is -1.45. The molecule has 0 aliphatic rings. The van der Waals surface area contributed by atoms with Crippen LogP contribution < -0.4 is 0 Å². The fourth-order valence-corrected chi connectivity index (χ4v) is 0. The second-order valence-corrected chi connectivity index (χ2v) is 0.677. The lowest BCUT2D eigenvalue weighted by Crippen LogP contribution is -1.54. The molecule has 0 radical (unpaired) electrons. The van der Waals surface area contributed by atoms with E-state index in [1.807, 2.05) is 0 Å². The van der Waals surface area contributed by atoms with Crippen LogP contribution in [0, 0.1) is 0 Å². The Morgan fingerprint density at radius 3 is 0.500 bits per heavy atom. The van der Waals surface area contributed by atoms with Gasteiger partial charge in [0.1, 0.15) is 0 Å². The summed E-state index contributed by atoms with van der Waals surface area (Å²) in [5, 5.41) is 0. The first kappa shape index (κ1) is 16.9. The monoisotopic (exact) mass is 198 g/mol. The van der Waals surface area contributed by atoms with Crippen LogP contribution in [0.4, 0.5) is 40.7 Å². The van der Waals surface area contributed by atoms with E-state index in [0.717, 1.165) is 0 Å². The fraction of sp³-hybridized carbons (Fsp3) is 0. The van der Waals surface area contributed by atoms with Crippen molar-refractivity contribution in [1.29, 1.82) is 0 Å². The van der Waals surface area contributed by atoms with Crippen LogP contribution in [0.5, 0.6) is 0 Å². The molecule has 0 heterocycles. The summed E-state index contributed by atoms with van der Waals surface area (Å²) >= 11 is 0. The van der Waals surface area contributed by atoms with Crippen molar-refractivity contribution in [2.75, 3.05) is 0 Å². The Labute approximate surface area is 61.0 Å². The molecule has 0 atom stereocenters. The van der Waals surface area contributed by atoms with Crippen LogP contribution in [-0.4, -0.2) is 18.9 Å². The Kier molecular flexibility index (Phi) is 17.3. The largest absolute Gasteiger partial charge is 0.483 e. The highest BCUT2D eigenvalue weighted by molar-refractivity contribution is 5.56. The molecule has 12 heavy (non-hydrogen) atoms. The van der Waals surface area contributed by atoms with Gasteiger partial charge in [0, 0.05) is 0 Å². The highest BCUT2D eigenvalue weighted by Gasteiger charge is 1.79. The molecule has 0 aromatic rings. The zero-order chi connectivity index (χ0) is 10.7. The van der Waals surface area contributed by atoms with Gasteiger partial charge in [0.05, 0.1) is 0 Å². The van der Waals surface area contributed by atoms with Crippen LogP contribution in [0.2, 0.25) is 0 Å². The van der Waals surface area contributed by atoms with Crippen molar-refractivity contribution in [1.82, 2.24) is 0 Å². The van der Waals surface area contributed by atoms with E-state index in [-0.39, 0.29) is 0 Å². The van der Waals surface area contributed by atoms with E-state index < -0.39 is 18.9 Å². The van der Waals surface area contributed by atoms with Gasteiger partial charge in [-0.25, -0.2) is 14.4 Å². The zero-order valence-electron chi connectivity index (χ0n) is 4.99. The van der Waals surface area contributed by atoms with Gasteiger partial charge in [-0.2, -0.15) is 0 Å². The van der Waals surface area contributed by atoms with E-state index >= 15 is 0 Å². The molecule has 0 saturated heterocycles. The van der Waals surface area contributed by atoms with E-state index in [1.54, 1.807) is 0 Å². The second-order valence-electron chi connectivity index (χ2n) is 0.677. The Morgan fingerprint density at radius 1 is 0.500 bits per heavy atom. The first-order valence-electron chi connectivity index (χ1n) is 1.75. The molecule has 0 fully saturated rings. The first-order chi connectivity index (χ1) is 5.20. The molecule has 3 nitrogen and oxygen atoms in total.